The molecule has 2 rings (SSSR count). The molecular weight excluding hydrogens is 278 g/mol. The number of piperidine rings is 1. The third-order valence-electron chi connectivity index (χ3n) is 3.65. The molecule has 0 saturated carbocycles. The van der Waals surface area contributed by atoms with Crippen LogP contribution in [0.4, 0.5) is 0 Å². The number of hydrogen-bond donors (Lipinski definition) is 1. The fraction of sp³-hybridized carbons (Fsp3) is 0.692. The number of aromatic amines is 1. The van der Waals surface area contributed by atoms with Crippen LogP contribution >= 0.6 is 0 Å². The Morgan fingerprint density at radius 2 is 2.30 bits per heavy atom. The van der Waals surface area contributed by atoms with Gasteiger partial charge in [-0.05, 0) is 19.3 Å². The zero-order chi connectivity index (χ0) is 14.6. The van der Waals surface area contributed by atoms with Crippen LogP contribution in [0.3, 0.4) is 0 Å². The summed E-state index contributed by atoms with van der Waals surface area (Å²) in [6, 6.07) is 1.47. The highest BCUT2D eigenvalue weighted by atomic mass is 32.2. The Balaban J connectivity index is 2.11. The van der Waals surface area contributed by atoms with Crippen LogP contribution in [0.25, 0.3) is 0 Å². The topological polar surface area (TPSA) is 83.1 Å². The van der Waals surface area contributed by atoms with Crippen molar-refractivity contribution < 1.29 is 8.42 Å². The summed E-state index contributed by atoms with van der Waals surface area (Å²) in [6.07, 6.45) is 4.61. The average Bonchev–Trinajstić information content (AvgIpc) is 2.45. The Hall–Kier alpha value is -1.21. The molecule has 1 atom stereocenters. The fourth-order valence-electron chi connectivity index (χ4n) is 2.50. The first kappa shape index (κ1) is 15.2. The van der Waals surface area contributed by atoms with E-state index in [1.54, 1.807) is 4.31 Å². The molecule has 0 radical (unpaired) electrons. The van der Waals surface area contributed by atoms with Gasteiger partial charge in [0.1, 0.15) is 0 Å². The van der Waals surface area contributed by atoms with Gasteiger partial charge in [0.25, 0.3) is 5.56 Å². The van der Waals surface area contributed by atoms with Crippen LogP contribution in [-0.2, 0) is 10.0 Å². The van der Waals surface area contributed by atoms with Crippen LogP contribution in [0.2, 0.25) is 0 Å². The summed E-state index contributed by atoms with van der Waals surface area (Å²) in [5.41, 5.74) is 0.491. The van der Waals surface area contributed by atoms with Crippen molar-refractivity contribution in [3.05, 3.63) is 28.4 Å². The molecule has 1 aromatic heterocycles. The van der Waals surface area contributed by atoms with E-state index >= 15 is 0 Å². The van der Waals surface area contributed by atoms with Gasteiger partial charge < -0.3 is 4.98 Å². The van der Waals surface area contributed by atoms with E-state index in [1.807, 2.05) is 6.92 Å². The molecule has 0 unspecified atom stereocenters. The van der Waals surface area contributed by atoms with Crippen molar-refractivity contribution in [1.82, 2.24) is 14.3 Å². The van der Waals surface area contributed by atoms with Crippen LogP contribution in [0, 0.1) is 0 Å². The first-order valence-corrected chi connectivity index (χ1v) is 8.66. The van der Waals surface area contributed by atoms with E-state index in [0.29, 0.717) is 25.2 Å². The van der Waals surface area contributed by atoms with Gasteiger partial charge in [0.2, 0.25) is 10.0 Å². The lowest BCUT2D eigenvalue weighted by Crippen LogP contribution is -2.40. The third kappa shape index (κ3) is 3.67. The molecule has 20 heavy (non-hydrogen) atoms. The highest BCUT2D eigenvalue weighted by molar-refractivity contribution is 7.89. The number of sulfonamides is 1. The first-order chi connectivity index (χ1) is 9.53. The maximum Gasteiger partial charge on any atom is 0.250 e. The van der Waals surface area contributed by atoms with E-state index in [0.717, 1.165) is 19.3 Å². The fourth-order valence-corrected chi connectivity index (χ4v) is 4.23. The summed E-state index contributed by atoms with van der Waals surface area (Å²) in [5, 5.41) is 0. The molecule has 7 heteroatoms. The molecule has 1 aromatic rings. The average molecular weight is 299 g/mol. The van der Waals surface area contributed by atoms with Gasteiger partial charge in [-0.2, -0.15) is 0 Å². The Kier molecular flexibility index (Phi) is 4.93. The van der Waals surface area contributed by atoms with Gasteiger partial charge in [-0.15, -0.1) is 0 Å². The molecule has 0 spiro atoms. The van der Waals surface area contributed by atoms with E-state index in [4.69, 9.17) is 0 Å². The second-order valence-corrected chi connectivity index (χ2v) is 7.29. The Labute approximate surface area is 119 Å². The number of aromatic nitrogens is 2. The number of H-pyrrole nitrogens is 1. The van der Waals surface area contributed by atoms with Gasteiger partial charge in [0, 0.05) is 25.1 Å². The number of nitrogens with one attached hydrogen (secondary N) is 1. The van der Waals surface area contributed by atoms with E-state index in [1.165, 1.54) is 12.4 Å². The summed E-state index contributed by atoms with van der Waals surface area (Å²) in [6.45, 7) is 2.99. The van der Waals surface area contributed by atoms with Crippen molar-refractivity contribution in [2.45, 2.75) is 38.5 Å². The molecule has 0 bridgehead atoms. The molecule has 0 amide bonds. The quantitative estimate of drug-likeness (QED) is 0.882. The van der Waals surface area contributed by atoms with Crippen molar-refractivity contribution in [3.8, 4) is 0 Å². The van der Waals surface area contributed by atoms with E-state index in [9.17, 15) is 13.2 Å². The summed E-state index contributed by atoms with van der Waals surface area (Å²) < 4.78 is 26.0. The molecule has 1 fully saturated rings. The minimum Gasteiger partial charge on any atom is -0.313 e. The summed E-state index contributed by atoms with van der Waals surface area (Å²) in [5.74, 6) is 0.224. The predicted octanol–water partition coefficient (Wildman–Crippen LogP) is 1.08. The second-order valence-electron chi connectivity index (χ2n) is 5.20. The van der Waals surface area contributed by atoms with Crippen molar-refractivity contribution in [1.29, 1.82) is 0 Å². The largest absolute Gasteiger partial charge is 0.313 e. The molecule has 1 N–H and O–H groups in total. The second kappa shape index (κ2) is 6.49. The molecule has 1 aliphatic heterocycles. The molecule has 0 aliphatic carbocycles. The maximum atomic E-state index is 12.2. The summed E-state index contributed by atoms with van der Waals surface area (Å²) in [4.78, 5) is 18.0. The van der Waals surface area contributed by atoms with E-state index in [-0.39, 0.29) is 17.2 Å². The molecule has 1 saturated heterocycles. The smallest absolute Gasteiger partial charge is 0.250 e. The highest BCUT2D eigenvalue weighted by Crippen LogP contribution is 2.26. The summed E-state index contributed by atoms with van der Waals surface area (Å²) in [7, 11) is -3.18. The zero-order valence-corrected chi connectivity index (χ0v) is 12.5. The number of unbranched alkanes of at least 4 members (excludes halogenated alkanes) is 1. The van der Waals surface area contributed by atoms with Crippen molar-refractivity contribution in [3.63, 3.8) is 0 Å². The minimum atomic E-state index is -3.18. The van der Waals surface area contributed by atoms with Crippen molar-refractivity contribution in [2.24, 2.45) is 0 Å². The maximum absolute atomic E-state index is 12.2. The standard InChI is InChI=1S/C13H21N3O3S/c1-2-3-7-20(18,19)16-6-4-5-11(9-16)12-8-13(17)15-10-14-12/h8,10-11H,2-7,9H2,1H3,(H,14,15,17)/t11-/m0/s1. The Morgan fingerprint density at radius 3 is 3.00 bits per heavy atom. The lowest BCUT2D eigenvalue weighted by Gasteiger charge is -2.31. The van der Waals surface area contributed by atoms with Gasteiger partial charge in [0.05, 0.1) is 17.8 Å². The van der Waals surface area contributed by atoms with Crippen molar-refractivity contribution >= 4 is 10.0 Å². The summed E-state index contributed by atoms with van der Waals surface area (Å²) >= 11 is 0. The molecule has 2 heterocycles. The van der Waals surface area contributed by atoms with Crippen LogP contribution in [0.1, 0.15) is 44.2 Å². The van der Waals surface area contributed by atoms with Crippen LogP contribution < -0.4 is 5.56 Å². The Bertz CT molecular complexity index is 597. The molecule has 1 aliphatic rings. The van der Waals surface area contributed by atoms with Gasteiger partial charge in [0.15, 0.2) is 0 Å². The Morgan fingerprint density at radius 1 is 1.50 bits per heavy atom. The van der Waals surface area contributed by atoms with Gasteiger partial charge >= 0.3 is 0 Å². The van der Waals surface area contributed by atoms with Crippen LogP contribution in [-0.4, -0.2) is 41.5 Å². The number of rotatable bonds is 5. The van der Waals surface area contributed by atoms with E-state index in [2.05, 4.69) is 9.97 Å². The number of nitrogens with zero attached hydrogens (tertiary/aromatic N) is 2. The normalized spacial score (nSPS) is 20.9. The van der Waals surface area contributed by atoms with Gasteiger partial charge in [-0.3, -0.25) is 4.79 Å². The van der Waals surface area contributed by atoms with Crippen molar-refractivity contribution in [2.75, 3.05) is 18.8 Å². The molecule has 0 aromatic carbocycles. The lowest BCUT2D eigenvalue weighted by atomic mass is 9.96. The monoisotopic (exact) mass is 299 g/mol. The molecule has 112 valence electrons. The highest BCUT2D eigenvalue weighted by Gasteiger charge is 2.29. The van der Waals surface area contributed by atoms with Gasteiger partial charge in [-0.1, -0.05) is 13.3 Å². The van der Waals surface area contributed by atoms with Crippen LogP contribution in [0.5, 0.6) is 0 Å². The molecular formula is C13H21N3O3S. The van der Waals surface area contributed by atoms with Gasteiger partial charge in [-0.25, -0.2) is 17.7 Å². The van der Waals surface area contributed by atoms with E-state index < -0.39 is 10.0 Å². The third-order valence-corrected chi connectivity index (χ3v) is 5.57. The first-order valence-electron chi connectivity index (χ1n) is 7.05. The SMILES string of the molecule is CCCCS(=O)(=O)N1CCC[C@H](c2cc(=O)[nH]cn2)C1. The lowest BCUT2D eigenvalue weighted by molar-refractivity contribution is 0.312. The minimum absolute atomic E-state index is 0.0162. The molecule has 6 nitrogen and oxygen atoms in total. The van der Waals surface area contributed by atoms with Crippen LogP contribution in [0.15, 0.2) is 17.2 Å². The predicted molar refractivity (Wildman–Crippen MR) is 77.1 cm³/mol. The zero-order valence-electron chi connectivity index (χ0n) is 11.7. The number of hydrogen-bond acceptors (Lipinski definition) is 4.